The normalized spacial score (nSPS) is 11.9. The Balaban J connectivity index is 2.03. The van der Waals surface area contributed by atoms with Crippen molar-refractivity contribution < 1.29 is 14.0 Å². The molecule has 0 saturated carbocycles. The summed E-state index contributed by atoms with van der Waals surface area (Å²) < 4.78 is 19.6. The molecule has 4 heterocycles. The van der Waals surface area contributed by atoms with E-state index in [1.54, 1.807) is 28.6 Å². The molecular formula is C18H22N8O3. The molecule has 0 radical (unpaired) electrons. The summed E-state index contributed by atoms with van der Waals surface area (Å²) in [5.41, 5.74) is 2.93. The number of hydrogen-bond donors (Lipinski definition) is 0. The van der Waals surface area contributed by atoms with Gasteiger partial charge in [-0.2, -0.15) is 9.61 Å². The molecule has 0 spiro atoms. The van der Waals surface area contributed by atoms with Crippen LogP contribution >= 0.6 is 0 Å². The molecule has 0 aliphatic heterocycles. The number of aromatic nitrogens is 8. The van der Waals surface area contributed by atoms with E-state index in [0.717, 1.165) is 11.3 Å². The van der Waals surface area contributed by atoms with Gasteiger partial charge in [-0.15, -0.1) is 15.3 Å². The average Bonchev–Trinajstić information content (AvgIpc) is 3.38. The van der Waals surface area contributed by atoms with Crippen molar-refractivity contribution in [3.8, 4) is 34.6 Å². The van der Waals surface area contributed by atoms with E-state index < -0.39 is 0 Å². The lowest BCUT2D eigenvalue weighted by molar-refractivity contribution is 0.226. The zero-order valence-electron chi connectivity index (χ0n) is 17.2. The number of rotatable bonds is 5. The van der Waals surface area contributed by atoms with Crippen LogP contribution in [0.5, 0.6) is 11.7 Å². The molecule has 4 rings (SSSR count). The lowest BCUT2D eigenvalue weighted by Gasteiger charge is -2.24. The third-order valence-corrected chi connectivity index (χ3v) is 4.42. The fraction of sp³-hybridized carbons (Fsp3) is 0.444. The number of hydrogen-bond acceptors (Lipinski definition) is 9. The molecule has 0 aliphatic rings. The van der Waals surface area contributed by atoms with Gasteiger partial charge in [-0.05, 0) is 12.3 Å². The van der Waals surface area contributed by atoms with Gasteiger partial charge in [0.05, 0.1) is 26.0 Å². The van der Waals surface area contributed by atoms with Crippen LogP contribution in [0, 0.1) is 0 Å². The maximum Gasteiger partial charge on any atom is 0.311 e. The molecule has 0 aromatic carbocycles. The highest BCUT2D eigenvalue weighted by molar-refractivity contribution is 5.72. The molecule has 0 fully saturated rings. The molecule has 4 aromatic heterocycles. The third-order valence-electron chi connectivity index (χ3n) is 4.42. The Kier molecular flexibility index (Phi) is 4.44. The third kappa shape index (κ3) is 3.08. The van der Waals surface area contributed by atoms with Gasteiger partial charge >= 0.3 is 5.95 Å². The maximum atomic E-state index is 5.77. The monoisotopic (exact) mass is 398 g/mol. The lowest BCUT2D eigenvalue weighted by Crippen LogP contribution is -2.18. The van der Waals surface area contributed by atoms with Crippen molar-refractivity contribution in [2.45, 2.75) is 33.1 Å². The summed E-state index contributed by atoms with van der Waals surface area (Å²) >= 11 is 0. The summed E-state index contributed by atoms with van der Waals surface area (Å²) in [6.45, 7) is 8.58. The Morgan fingerprint density at radius 3 is 2.62 bits per heavy atom. The summed E-state index contributed by atoms with van der Waals surface area (Å²) in [6.07, 6.45) is 1.66. The molecule has 0 saturated heterocycles. The fourth-order valence-corrected chi connectivity index (χ4v) is 3.19. The first-order valence-electron chi connectivity index (χ1n) is 9.14. The molecule has 0 N–H and O–H groups in total. The fourth-order valence-electron chi connectivity index (χ4n) is 3.19. The van der Waals surface area contributed by atoms with Crippen LogP contribution in [0.2, 0.25) is 0 Å². The van der Waals surface area contributed by atoms with Crippen molar-refractivity contribution in [1.29, 1.82) is 0 Å². The standard InChI is InChI=1S/C18H22N8O3/c1-7-28-12-8-10(23-29-12)16-20-21-17-15(27-6)13(18(2,3)4)14(22-26(16)17)11-9-19-24-25(11)5/h8-9H,7H2,1-6H3. The highest BCUT2D eigenvalue weighted by Gasteiger charge is 2.31. The minimum Gasteiger partial charge on any atom is -0.492 e. The lowest BCUT2D eigenvalue weighted by atomic mass is 9.84. The number of methoxy groups -OCH3 is 1. The SMILES string of the molecule is CCOc1cc(-c2nnc3c(OC)c(C(C)(C)C)c(-c4cnnn4C)nn23)no1. The molecule has 11 heteroatoms. The van der Waals surface area contributed by atoms with Gasteiger partial charge in [0.15, 0.2) is 11.4 Å². The van der Waals surface area contributed by atoms with Crippen molar-refractivity contribution >= 4 is 5.65 Å². The zero-order valence-corrected chi connectivity index (χ0v) is 17.2. The summed E-state index contributed by atoms with van der Waals surface area (Å²) in [4.78, 5) is 0. The van der Waals surface area contributed by atoms with E-state index in [4.69, 9.17) is 19.1 Å². The summed E-state index contributed by atoms with van der Waals surface area (Å²) in [6, 6.07) is 1.65. The quantitative estimate of drug-likeness (QED) is 0.499. The first-order valence-corrected chi connectivity index (χ1v) is 9.14. The molecule has 0 unspecified atom stereocenters. The zero-order chi connectivity index (χ0) is 20.8. The predicted octanol–water partition coefficient (Wildman–Crippen LogP) is 2.28. The van der Waals surface area contributed by atoms with E-state index in [1.807, 2.05) is 14.0 Å². The number of ether oxygens (including phenoxy) is 2. The van der Waals surface area contributed by atoms with E-state index in [9.17, 15) is 0 Å². The maximum absolute atomic E-state index is 5.77. The van der Waals surface area contributed by atoms with Crippen LogP contribution in [0.1, 0.15) is 33.3 Å². The number of fused-ring (bicyclic) bond motifs is 1. The first-order chi connectivity index (χ1) is 13.8. The summed E-state index contributed by atoms with van der Waals surface area (Å²) in [5.74, 6) is 1.29. The minimum atomic E-state index is -0.290. The van der Waals surface area contributed by atoms with Crippen LogP contribution in [0.4, 0.5) is 0 Å². The topological polar surface area (TPSA) is 118 Å². The molecular weight excluding hydrogens is 376 g/mol. The van der Waals surface area contributed by atoms with E-state index in [1.165, 1.54) is 0 Å². The van der Waals surface area contributed by atoms with Gasteiger partial charge < -0.3 is 14.0 Å². The van der Waals surface area contributed by atoms with Crippen LogP contribution < -0.4 is 9.47 Å². The second kappa shape index (κ2) is 6.83. The van der Waals surface area contributed by atoms with Gasteiger partial charge in [-0.1, -0.05) is 31.1 Å². The van der Waals surface area contributed by atoms with Crippen molar-refractivity contribution in [1.82, 2.24) is 40.0 Å². The van der Waals surface area contributed by atoms with Gasteiger partial charge in [0, 0.05) is 12.6 Å². The molecule has 29 heavy (non-hydrogen) atoms. The molecule has 0 bridgehead atoms. The second-order valence-corrected chi connectivity index (χ2v) is 7.47. The van der Waals surface area contributed by atoms with Crippen LogP contribution in [0.25, 0.3) is 28.6 Å². The Hall–Kier alpha value is -3.50. The van der Waals surface area contributed by atoms with Crippen molar-refractivity contribution in [3.63, 3.8) is 0 Å². The Morgan fingerprint density at radius 1 is 1.21 bits per heavy atom. The largest absolute Gasteiger partial charge is 0.492 e. The van der Waals surface area contributed by atoms with Gasteiger partial charge in [0.25, 0.3) is 0 Å². The Labute approximate surface area is 166 Å². The number of nitrogens with zero attached hydrogens (tertiary/aromatic N) is 8. The number of aryl methyl sites for hydroxylation is 1. The molecule has 0 atom stereocenters. The van der Waals surface area contributed by atoms with Gasteiger partial charge in [-0.3, -0.25) is 0 Å². The van der Waals surface area contributed by atoms with Gasteiger partial charge in [0.1, 0.15) is 11.4 Å². The van der Waals surface area contributed by atoms with Crippen LogP contribution in [-0.4, -0.2) is 53.7 Å². The Morgan fingerprint density at radius 2 is 2.00 bits per heavy atom. The highest BCUT2D eigenvalue weighted by atomic mass is 16.6. The Bertz CT molecular complexity index is 1170. The van der Waals surface area contributed by atoms with Crippen molar-refractivity contribution in [2.24, 2.45) is 7.05 Å². The van der Waals surface area contributed by atoms with Crippen LogP contribution in [-0.2, 0) is 12.5 Å². The van der Waals surface area contributed by atoms with Crippen LogP contribution in [0.15, 0.2) is 16.8 Å². The molecule has 0 amide bonds. The molecule has 0 aliphatic carbocycles. The smallest absolute Gasteiger partial charge is 0.311 e. The van der Waals surface area contributed by atoms with Crippen molar-refractivity contribution in [2.75, 3.05) is 13.7 Å². The minimum absolute atomic E-state index is 0.290. The molecule has 152 valence electrons. The molecule has 11 nitrogen and oxygen atoms in total. The first kappa shape index (κ1) is 18.8. The van der Waals surface area contributed by atoms with Crippen LogP contribution in [0.3, 0.4) is 0 Å². The van der Waals surface area contributed by atoms with E-state index in [0.29, 0.717) is 41.2 Å². The van der Waals surface area contributed by atoms with Gasteiger partial charge in [-0.25, -0.2) is 4.68 Å². The van der Waals surface area contributed by atoms with Gasteiger partial charge in [0.2, 0.25) is 11.5 Å². The van der Waals surface area contributed by atoms with E-state index in [2.05, 4.69) is 46.4 Å². The van der Waals surface area contributed by atoms with Crippen molar-refractivity contribution in [3.05, 3.63) is 17.8 Å². The van der Waals surface area contributed by atoms with E-state index in [-0.39, 0.29) is 5.41 Å². The average molecular weight is 398 g/mol. The predicted molar refractivity (Wildman–Crippen MR) is 103 cm³/mol. The second-order valence-electron chi connectivity index (χ2n) is 7.47. The molecule has 4 aromatic rings. The van der Waals surface area contributed by atoms with E-state index >= 15 is 0 Å². The summed E-state index contributed by atoms with van der Waals surface area (Å²) in [5, 5.41) is 25.5. The summed E-state index contributed by atoms with van der Waals surface area (Å²) in [7, 11) is 3.42. The highest BCUT2D eigenvalue weighted by Crippen LogP contribution is 2.40.